The quantitative estimate of drug-likeness (QED) is 0.774. The lowest BCUT2D eigenvalue weighted by Crippen LogP contribution is -2.11. The van der Waals surface area contributed by atoms with E-state index in [1.54, 1.807) is 39.5 Å². The first kappa shape index (κ1) is 16.6. The van der Waals surface area contributed by atoms with Crippen LogP contribution in [0.4, 0.5) is 0 Å². The number of rotatable bonds is 5. The molecule has 0 aliphatic carbocycles. The molecule has 0 fully saturated rings. The van der Waals surface area contributed by atoms with Gasteiger partial charge in [-0.1, -0.05) is 12.1 Å². The molecule has 0 amide bonds. The van der Waals surface area contributed by atoms with Crippen LogP contribution >= 0.6 is 0 Å². The normalized spacial score (nSPS) is 11.0. The van der Waals surface area contributed by atoms with Crippen molar-refractivity contribution in [1.82, 2.24) is 9.97 Å². The molecule has 0 aliphatic rings. The van der Waals surface area contributed by atoms with Gasteiger partial charge in [0.1, 0.15) is 5.69 Å². The molecule has 0 atom stereocenters. The van der Waals surface area contributed by atoms with Crippen molar-refractivity contribution in [3.05, 3.63) is 58.0 Å². The number of fused-ring (bicyclic) bond motifs is 1. The number of H-pyrrole nitrogens is 1. The predicted molar refractivity (Wildman–Crippen MR) is 97.4 cm³/mol. The topological polar surface area (TPSA) is 73.4 Å². The van der Waals surface area contributed by atoms with Crippen LogP contribution in [0.1, 0.15) is 11.3 Å². The van der Waals surface area contributed by atoms with Crippen LogP contribution in [0.2, 0.25) is 0 Å². The van der Waals surface area contributed by atoms with Crippen LogP contribution in [-0.4, -0.2) is 31.3 Å². The largest absolute Gasteiger partial charge is 0.493 e. The number of hydrogen-bond acceptors (Lipinski definition) is 5. The van der Waals surface area contributed by atoms with Crippen LogP contribution in [0.25, 0.3) is 23.2 Å². The summed E-state index contributed by atoms with van der Waals surface area (Å²) in [6.45, 7) is 0. The lowest BCUT2D eigenvalue weighted by molar-refractivity contribution is 0.324. The van der Waals surface area contributed by atoms with Gasteiger partial charge in [0.25, 0.3) is 5.56 Å². The van der Waals surface area contributed by atoms with E-state index in [-0.39, 0.29) is 5.56 Å². The second-order valence-electron chi connectivity index (χ2n) is 5.23. The molecule has 0 saturated heterocycles. The number of nitrogens with zero attached hydrogens (tertiary/aromatic N) is 1. The van der Waals surface area contributed by atoms with Crippen LogP contribution in [-0.2, 0) is 0 Å². The van der Waals surface area contributed by atoms with Gasteiger partial charge in [-0.25, -0.2) is 4.98 Å². The van der Waals surface area contributed by atoms with E-state index in [1.807, 2.05) is 30.3 Å². The van der Waals surface area contributed by atoms with Gasteiger partial charge in [0.05, 0.1) is 32.4 Å². The zero-order chi connectivity index (χ0) is 17.8. The van der Waals surface area contributed by atoms with E-state index >= 15 is 0 Å². The number of ether oxygens (including phenoxy) is 3. The molecule has 0 spiro atoms. The molecule has 128 valence electrons. The van der Waals surface area contributed by atoms with Gasteiger partial charge in [-0.15, -0.1) is 0 Å². The van der Waals surface area contributed by atoms with Gasteiger partial charge in [0.2, 0.25) is 5.75 Å². The van der Waals surface area contributed by atoms with Crippen molar-refractivity contribution in [3.8, 4) is 17.2 Å². The highest BCUT2D eigenvalue weighted by molar-refractivity contribution is 5.78. The number of aromatic amines is 1. The molecule has 0 bridgehead atoms. The Hall–Kier alpha value is -3.28. The summed E-state index contributed by atoms with van der Waals surface area (Å²) in [7, 11) is 4.66. The first-order valence-electron chi connectivity index (χ1n) is 7.64. The van der Waals surface area contributed by atoms with Crippen molar-refractivity contribution in [2.75, 3.05) is 21.3 Å². The van der Waals surface area contributed by atoms with E-state index in [4.69, 9.17) is 14.2 Å². The van der Waals surface area contributed by atoms with Crippen molar-refractivity contribution >= 4 is 23.2 Å². The zero-order valence-electron chi connectivity index (χ0n) is 14.2. The highest BCUT2D eigenvalue weighted by Gasteiger charge is 2.14. The SMILES string of the molecule is COc1ccc(C=Cc2nc3ccccc3[nH]c2=O)c(OC)c1OC. The number of hydrogen-bond donors (Lipinski definition) is 1. The average molecular weight is 338 g/mol. The third-order valence-electron chi connectivity index (χ3n) is 3.78. The molecule has 1 aromatic heterocycles. The van der Waals surface area contributed by atoms with Crippen molar-refractivity contribution in [3.63, 3.8) is 0 Å². The fourth-order valence-corrected chi connectivity index (χ4v) is 2.58. The van der Waals surface area contributed by atoms with E-state index in [0.717, 1.165) is 11.1 Å². The van der Waals surface area contributed by atoms with Crippen LogP contribution in [0.3, 0.4) is 0 Å². The summed E-state index contributed by atoms with van der Waals surface area (Å²) < 4.78 is 16.1. The molecule has 0 unspecified atom stereocenters. The average Bonchev–Trinajstić information content (AvgIpc) is 2.65. The summed E-state index contributed by atoms with van der Waals surface area (Å²) in [6.07, 6.45) is 3.40. The molecule has 6 nitrogen and oxygen atoms in total. The molecule has 25 heavy (non-hydrogen) atoms. The van der Waals surface area contributed by atoms with E-state index in [0.29, 0.717) is 28.5 Å². The number of nitrogens with one attached hydrogen (secondary N) is 1. The summed E-state index contributed by atoms with van der Waals surface area (Å²) in [5, 5.41) is 0. The number of methoxy groups -OCH3 is 3. The minimum atomic E-state index is -0.255. The Labute approximate surface area is 144 Å². The molecule has 0 radical (unpaired) electrons. The van der Waals surface area contributed by atoms with Crippen LogP contribution in [0.5, 0.6) is 17.2 Å². The second-order valence-corrected chi connectivity index (χ2v) is 5.23. The lowest BCUT2D eigenvalue weighted by atomic mass is 10.1. The summed E-state index contributed by atoms with van der Waals surface area (Å²) in [6, 6.07) is 11.0. The monoisotopic (exact) mass is 338 g/mol. The number of benzene rings is 2. The van der Waals surface area contributed by atoms with Gasteiger partial charge in [-0.2, -0.15) is 0 Å². The molecular formula is C19H18N2O4. The lowest BCUT2D eigenvalue weighted by Gasteiger charge is -2.13. The Morgan fingerprint density at radius 2 is 1.68 bits per heavy atom. The minimum absolute atomic E-state index is 0.255. The van der Waals surface area contributed by atoms with Gasteiger partial charge in [0.15, 0.2) is 11.5 Å². The zero-order valence-corrected chi connectivity index (χ0v) is 14.2. The van der Waals surface area contributed by atoms with Crippen LogP contribution in [0, 0.1) is 0 Å². The maximum atomic E-state index is 12.2. The second kappa shape index (κ2) is 7.09. The van der Waals surface area contributed by atoms with E-state index in [1.165, 1.54) is 0 Å². The Morgan fingerprint density at radius 1 is 0.920 bits per heavy atom. The first-order chi connectivity index (χ1) is 12.2. The van der Waals surface area contributed by atoms with Crippen molar-refractivity contribution in [2.24, 2.45) is 0 Å². The number of aromatic nitrogens is 2. The molecule has 1 heterocycles. The molecule has 1 N–H and O–H groups in total. The molecule has 0 aliphatic heterocycles. The molecular weight excluding hydrogens is 320 g/mol. The smallest absolute Gasteiger partial charge is 0.274 e. The standard InChI is InChI=1S/C19H18N2O4/c1-23-16-11-9-12(17(24-2)18(16)25-3)8-10-15-19(22)21-14-7-5-4-6-13(14)20-15/h4-11H,1-3H3,(H,21,22). The maximum Gasteiger partial charge on any atom is 0.274 e. The minimum Gasteiger partial charge on any atom is -0.493 e. The van der Waals surface area contributed by atoms with Crippen molar-refractivity contribution < 1.29 is 14.2 Å². The van der Waals surface area contributed by atoms with Crippen LogP contribution in [0.15, 0.2) is 41.2 Å². The Bertz CT molecular complexity index is 992. The Kier molecular flexibility index (Phi) is 4.70. The van der Waals surface area contributed by atoms with E-state index < -0.39 is 0 Å². The van der Waals surface area contributed by atoms with Crippen molar-refractivity contribution in [2.45, 2.75) is 0 Å². The van der Waals surface area contributed by atoms with E-state index in [9.17, 15) is 4.79 Å². The van der Waals surface area contributed by atoms with Crippen LogP contribution < -0.4 is 19.8 Å². The highest BCUT2D eigenvalue weighted by Crippen LogP contribution is 2.40. The van der Waals surface area contributed by atoms with Gasteiger partial charge >= 0.3 is 0 Å². The molecule has 2 aromatic carbocycles. The predicted octanol–water partition coefficient (Wildman–Crippen LogP) is 3.12. The maximum absolute atomic E-state index is 12.2. The fourth-order valence-electron chi connectivity index (χ4n) is 2.58. The molecule has 6 heteroatoms. The van der Waals surface area contributed by atoms with Crippen molar-refractivity contribution in [1.29, 1.82) is 0 Å². The third kappa shape index (κ3) is 3.19. The summed E-state index contributed by atoms with van der Waals surface area (Å²) in [4.78, 5) is 19.4. The Balaban J connectivity index is 2.05. The molecule has 3 aromatic rings. The molecule has 0 saturated carbocycles. The third-order valence-corrected chi connectivity index (χ3v) is 3.78. The fraction of sp³-hybridized carbons (Fsp3) is 0.158. The summed E-state index contributed by atoms with van der Waals surface area (Å²) >= 11 is 0. The van der Waals surface area contributed by atoms with Gasteiger partial charge in [0, 0.05) is 5.56 Å². The van der Waals surface area contributed by atoms with E-state index in [2.05, 4.69) is 9.97 Å². The van der Waals surface area contributed by atoms with Gasteiger partial charge < -0.3 is 19.2 Å². The highest BCUT2D eigenvalue weighted by atomic mass is 16.5. The first-order valence-corrected chi connectivity index (χ1v) is 7.64. The summed E-state index contributed by atoms with van der Waals surface area (Å²) in [5.74, 6) is 1.58. The molecule has 3 rings (SSSR count). The van der Waals surface area contributed by atoms with Gasteiger partial charge in [-0.3, -0.25) is 4.79 Å². The Morgan fingerprint density at radius 3 is 2.40 bits per heavy atom. The number of para-hydroxylation sites is 2. The summed E-state index contributed by atoms with van der Waals surface area (Å²) in [5.41, 5.74) is 2.23. The van der Waals surface area contributed by atoms with Gasteiger partial charge in [-0.05, 0) is 36.4 Å².